The average Bonchev–Trinajstić information content (AvgIpc) is 2.97. The number of aromatic nitrogens is 1. The zero-order valence-electron chi connectivity index (χ0n) is 12.8. The Morgan fingerprint density at radius 2 is 2.24 bits per heavy atom. The third-order valence-corrected chi connectivity index (χ3v) is 4.66. The van der Waals surface area contributed by atoms with Gasteiger partial charge in [-0.25, -0.2) is 4.98 Å². The van der Waals surface area contributed by atoms with Crippen LogP contribution >= 0.6 is 11.3 Å². The van der Waals surface area contributed by atoms with Crippen LogP contribution < -0.4 is 9.64 Å². The molecule has 4 nitrogen and oxygen atoms in total. The van der Waals surface area contributed by atoms with E-state index in [1.165, 1.54) is 11.3 Å². The fraction of sp³-hybridized carbons (Fsp3) is 0.375. The molecule has 0 aliphatic carbocycles. The maximum absolute atomic E-state index is 11.3. The second-order valence-electron chi connectivity index (χ2n) is 4.93. The Hall–Kier alpha value is -1.88. The van der Waals surface area contributed by atoms with E-state index < -0.39 is 0 Å². The van der Waals surface area contributed by atoms with E-state index in [1.54, 1.807) is 7.11 Å². The van der Waals surface area contributed by atoms with Crippen molar-refractivity contribution >= 4 is 28.4 Å². The molecule has 112 valence electrons. The maximum Gasteiger partial charge on any atom is 0.190 e. The molecule has 0 amide bonds. The smallest absolute Gasteiger partial charge is 0.190 e. The lowest BCUT2D eigenvalue weighted by molar-refractivity contribution is 0.112. The third-order valence-electron chi connectivity index (χ3n) is 3.58. The summed E-state index contributed by atoms with van der Waals surface area (Å²) in [5.41, 5.74) is 1.87. The summed E-state index contributed by atoms with van der Waals surface area (Å²) in [4.78, 5) is 18.6. The summed E-state index contributed by atoms with van der Waals surface area (Å²) in [5.74, 6) is 1.09. The van der Waals surface area contributed by atoms with Gasteiger partial charge in [0, 0.05) is 18.8 Å². The number of aldehydes is 1. The Balaban J connectivity index is 2.36. The van der Waals surface area contributed by atoms with E-state index >= 15 is 0 Å². The molecule has 2 rings (SSSR count). The van der Waals surface area contributed by atoms with Gasteiger partial charge in [0.1, 0.15) is 5.75 Å². The summed E-state index contributed by atoms with van der Waals surface area (Å²) in [7, 11) is 3.59. The Labute approximate surface area is 129 Å². The van der Waals surface area contributed by atoms with Gasteiger partial charge in [-0.1, -0.05) is 31.3 Å². The van der Waals surface area contributed by atoms with Crippen molar-refractivity contribution in [1.29, 1.82) is 0 Å². The molecule has 2 aromatic rings. The van der Waals surface area contributed by atoms with E-state index in [0.717, 1.165) is 35.0 Å². The van der Waals surface area contributed by atoms with Crippen molar-refractivity contribution in [3.05, 3.63) is 34.8 Å². The molecule has 1 atom stereocenters. The average molecular weight is 304 g/mol. The van der Waals surface area contributed by atoms with Crippen molar-refractivity contribution in [2.24, 2.45) is 0 Å². The summed E-state index contributed by atoms with van der Waals surface area (Å²) in [5, 5.41) is 0.820. The SMILES string of the molecule is CCC(C)c1nc(N(C)c2cccc(OC)c2)sc1C=O. The highest BCUT2D eigenvalue weighted by Crippen LogP contribution is 2.34. The number of hydrogen-bond donors (Lipinski definition) is 0. The van der Waals surface area contributed by atoms with Crippen LogP contribution in [-0.2, 0) is 0 Å². The Morgan fingerprint density at radius 3 is 2.86 bits per heavy atom. The molecular weight excluding hydrogens is 284 g/mol. The van der Waals surface area contributed by atoms with Crippen molar-refractivity contribution in [2.75, 3.05) is 19.1 Å². The zero-order valence-corrected chi connectivity index (χ0v) is 13.6. The van der Waals surface area contributed by atoms with Crippen LogP contribution in [0.4, 0.5) is 10.8 Å². The number of anilines is 2. The quantitative estimate of drug-likeness (QED) is 0.748. The molecule has 0 bridgehead atoms. The van der Waals surface area contributed by atoms with Gasteiger partial charge in [0.05, 0.1) is 17.7 Å². The van der Waals surface area contributed by atoms with Crippen molar-refractivity contribution in [3.63, 3.8) is 0 Å². The molecule has 1 heterocycles. The van der Waals surface area contributed by atoms with Crippen molar-refractivity contribution in [1.82, 2.24) is 4.98 Å². The van der Waals surface area contributed by atoms with E-state index in [-0.39, 0.29) is 5.92 Å². The summed E-state index contributed by atoms with van der Waals surface area (Å²) >= 11 is 1.43. The molecule has 1 aromatic carbocycles. The highest BCUT2D eigenvalue weighted by Gasteiger charge is 2.18. The molecule has 5 heteroatoms. The molecule has 0 spiro atoms. The second kappa shape index (κ2) is 6.72. The number of rotatable bonds is 6. The van der Waals surface area contributed by atoms with Gasteiger partial charge in [0.15, 0.2) is 11.4 Å². The van der Waals surface area contributed by atoms with Gasteiger partial charge >= 0.3 is 0 Å². The first-order valence-electron chi connectivity index (χ1n) is 6.94. The Bertz CT molecular complexity index is 624. The number of benzene rings is 1. The number of methoxy groups -OCH3 is 1. The normalized spacial score (nSPS) is 12.0. The van der Waals surface area contributed by atoms with Crippen molar-refractivity contribution < 1.29 is 9.53 Å². The predicted octanol–water partition coefficient (Wildman–Crippen LogP) is 4.25. The standard InChI is InChI=1S/C16H20N2O2S/c1-5-11(2)15-14(10-19)21-16(17-15)18(3)12-7-6-8-13(9-12)20-4/h6-11H,5H2,1-4H3. The number of ether oxygens (including phenoxy) is 1. The minimum absolute atomic E-state index is 0.286. The van der Waals surface area contributed by atoms with E-state index in [2.05, 4.69) is 18.8 Å². The van der Waals surface area contributed by atoms with Crippen LogP contribution in [0.2, 0.25) is 0 Å². The number of carbonyl (C=O) groups is 1. The lowest BCUT2D eigenvalue weighted by Gasteiger charge is -2.16. The minimum Gasteiger partial charge on any atom is -0.497 e. The molecule has 0 saturated carbocycles. The van der Waals surface area contributed by atoms with Crippen LogP contribution in [0.5, 0.6) is 5.75 Å². The van der Waals surface area contributed by atoms with Gasteiger partial charge in [-0.05, 0) is 24.5 Å². The third kappa shape index (κ3) is 3.24. The van der Waals surface area contributed by atoms with Gasteiger partial charge < -0.3 is 9.64 Å². The van der Waals surface area contributed by atoms with Gasteiger partial charge in [0.2, 0.25) is 0 Å². The molecule has 21 heavy (non-hydrogen) atoms. The lowest BCUT2D eigenvalue weighted by Crippen LogP contribution is -2.09. The van der Waals surface area contributed by atoms with Crippen molar-refractivity contribution in [3.8, 4) is 5.75 Å². The van der Waals surface area contributed by atoms with Crippen LogP contribution in [0.15, 0.2) is 24.3 Å². The van der Waals surface area contributed by atoms with Gasteiger partial charge in [-0.15, -0.1) is 0 Å². The molecule has 0 N–H and O–H groups in total. The van der Waals surface area contributed by atoms with E-state index in [4.69, 9.17) is 4.74 Å². The Kier molecular flexibility index (Phi) is 4.96. The summed E-state index contributed by atoms with van der Waals surface area (Å²) in [6.07, 6.45) is 1.87. The van der Waals surface area contributed by atoms with Crippen LogP contribution in [-0.4, -0.2) is 25.4 Å². The first kappa shape index (κ1) is 15.5. The molecule has 0 fully saturated rings. The van der Waals surface area contributed by atoms with Crippen LogP contribution in [0.1, 0.15) is 41.6 Å². The first-order chi connectivity index (χ1) is 10.1. The summed E-state index contributed by atoms with van der Waals surface area (Å²) < 4.78 is 5.25. The van der Waals surface area contributed by atoms with Gasteiger partial charge in [-0.3, -0.25) is 4.79 Å². The fourth-order valence-corrected chi connectivity index (χ4v) is 3.02. The predicted molar refractivity (Wildman–Crippen MR) is 87.3 cm³/mol. The summed E-state index contributed by atoms with van der Waals surface area (Å²) in [6.45, 7) is 4.20. The van der Waals surface area contributed by atoms with Gasteiger partial charge in [0.25, 0.3) is 0 Å². The van der Waals surface area contributed by atoms with E-state index in [1.807, 2.05) is 36.2 Å². The number of nitrogens with zero attached hydrogens (tertiary/aromatic N) is 2. The van der Waals surface area contributed by atoms with Crippen molar-refractivity contribution in [2.45, 2.75) is 26.2 Å². The topological polar surface area (TPSA) is 42.4 Å². The molecule has 1 aromatic heterocycles. The number of carbonyl (C=O) groups excluding carboxylic acids is 1. The van der Waals surface area contributed by atoms with Crippen LogP contribution in [0, 0.1) is 0 Å². The highest BCUT2D eigenvalue weighted by atomic mass is 32.1. The zero-order chi connectivity index (χ0) is 15.4. The second-order valence-corrected chi connectivity index (χ2v) is 5.94. The fourth-order valence-electron chi connectivity index (χ4n) is 2.04. The number of hydrogen-bond acceptors (Lipinski definition) is 5. The molecule has 0 radical (unpaired) electrons. The van der Waals surface area contributed by atoms with Crippen LogP contribution in [0.3, 0.4) is 0 Å². The largest absolute Gasteiger partial charge is 0.497 e. The minimum atomic E-state index is 0.286. The molecule has 0 aliphatic heterocycles. The van der Waals surface area contributed by atoms with E-state index in [9.17, 15) is 4.79 Å². The van der Waals surface area contributed by atoms with E-state index in [0.29, 0.717) is 4.88 Å². The molecule has 1 unspecified atom stereocenters. The monoisotopic (exact) mass is 304 g/mol. The maximum atomic E-state index is 11.3. The lowest BCUT2D eigenvalue weighted by atomic mass is 10.0. The summed E-state index contributed by atoms with van der Waals surface area (Å²) in [6, 6.07) is 7.79. The highest BCUT2D eigenvalue weighted by molar-refractivity contribution is 7.17. The first-order valence-corrected chi connectivity index (χ1v) is 7.76. The molecular formula is C16H20N2O2S. The Morgan fingerprint density at radius 1 is 1.48 bits per heavy atom. The van der Waals surface area contributed by atoms with Crippen LogP contribution in [0.25, 0.3) is 0 Å². The van der Waals surface area contributed by atoms with Gasteiger partial charge in [-0.2, -0.15) is 0 Å². The number of thiazole rings is 1. The molecule has 0 aliphatic rings. The molecule has 0 saturated heterocycles.